The van der Waals surface area contributed by atoms with E-state index in [2.05, 4.69) is 27.1 Å². The number of esters is 1. The van der Waals surface area contributed by atoms with Gasteiger partial charge in [0.1, 0.15) is 5.52 Å². The van der Waals surface area contributed by atoms with Crippen molar-refractivity contribution in [3.8, 4) is 0 Å². The van der Waals surface area contributed by atoms with Gasteiger partial charge in [-0.15, -0.1) is 10.2 Å². The van der Waals surface area contributed by atoms with Crippen molar-refractivity contribution in [1.29, 1.82) is 0 Å². The fourth-order valence-electron chi connectivity index (χ4n) is 2.06. The summed E-state index contributed by atoms with van der Waals surface area (Å²) in [6, 6.07) is 7.85. The summed E-state index contributed by atoms with van der Waals surface area (Å²) in [5.74, 6) is -0.0595. The minimum atomic E-state index is -0.251. The third-order valence-corrected chi connectivity index (χ3v) is 3.99. The van der Waals surface area contributed by atoms with Crippen LogP contribution in [0.1, 0.15) is 19.8 Å². The third kappa shape index (κ3) is 3.19. The second-order valence-electron chi connectivity index (χ2n) is 4.82. The van der Waals surface area contributed by atoms with Crippen LogP contribution in [0.25, 0.3) is 22.1 Å². The number of nitrogens with zero attached hydrogens (tertiary/aromatic N) is 3. The largest absolute Gasteiger partial charge is 0.465 e. The molecule has 0 saturated heterocycles. The molecule has 1 N–H and O–H groups in total. The molecule has 0 aliphatic heterocycles. The Bertz CT molecular complexity index is 802. The quantitative estimate of drug-likeness (QED) is 0.428. The van der Waals surface area contributed by atoms with E-state index in [-0.39, 0.29) is 11.7 Å². The van der Waals surface area contributed by atoms with E-state index in [1.165, 1.54) is 11.8 Å². The van der Waals surface area contributed by atoms with Gasteiger partial charge in [-0.3, -0.25) is 4.79 Å². The first-order valence-corrected chi connectivity index (χ1v) is 8.16. The van der Waals surface area contributed by atoms with Crippen LogP contribution in [0.3, 0.4) is 0 Å². The average molecular weight is 316 g/mol. The summed E-state index contributed by atoms with van der Waals surface area (Å²) in [6.07, 6.45) is 1.89. The fraction of sp³-hybridized carbons (Fsp3) is 0.333. The first-order valence-electron chi connectivity index (χ1n) is 7.17. The molecule has 0 unspecified atom stereocenters. The lowest BCUT2D eigenvalue weighted by molar-refractivity contribution is -0.140. The molecule has 2 aromatic heterocycles. The zero-order valence-corrected chi connectivity index (χ0v) is 13.0. The summed E-state index contributed by atoms with van der Waals surface area (Å²) in [5.41, 5.74) is 2.39. The number of thioether (sulfide) groups is 1. The van der Waals surface area contributed by atoms with Crippen LogP contribution in [0, 0.1) is 0 Å². The Morgan fingerprint density at radius 2 is 2.18 bits per heavy atom. The van der Waals surface area contributed by atoms with Gasteiger partial charge in [0.15, 0.2) is 5.65 Å². The van der Waals surface area contributed by atoms with Gasteiger partial charge in [0, 0.05) is 10.9 Å². The highest BCUT2D eigenvalue weighted by atomic mass is 32.2. The highest BCUT2D eigenvalue weighted by Gasteiger charge is 2.11. The van der Waals surface area contributed by atoms with E-state index in [9.17, 15) is 4.79 Å². The van der Waals surface area contributed by atoms with Crippen LogP contribution in [0.2, 0.25) is 0 Å². The van der Waals surface area contributed by atoms with Crippen LogP contribution in [-0.2, 0) is 9.53 Å². The number of carbonyl (C=O) groups is 1. The molecule has 0 amide bonds. The van der Waals surface area contributed by atoms with Crippen molar-refractivity contribution in [1.82, 2.24) is 20.2 Å². The van der Waals surface area contributed by atoms with Crippen molar-refractivity contribution < 1.29 is 9.53 Å². The maximum absolute atomic E-state index is 11.6. The zero-order chi connectivity index (χ0) is 15.4. The van der Waals surface area contributed by atoms with Crippen molar-refractivity contribution in [3.63, 3.8) is 0 Å². The van der Waals surface area contributed by atoms with Gasteiger partial charge in [-0.1, -0.05) is 43.3 Å². The summed E-state index contributed by atoms with van der Waals surface area (Å²) < 4.78 is 5.10. The smallest absolute Gasteiger partial charge is 0.316 e. The van der Waals surface area contributed by atoms with Crippen LogP contribution in [-0.4, -0.2) is 38.5 Å². The van der Waals surface area contributed by atoms with E-state index >= 15 is 0 Å². The number of carbonyl (C=O) groups excluding carboxylic acids is 1. The molecule has 114 valence electrons. The molecule has 0 radical (unpaired) electrons. The Kier molecular flexibility index (Phi) is 4.53. The highest BCUT2D eigenvalue weighted by Crippen LogP contribution is 2.23. The minimum Gasteiger partial charge on any atom is -0.465 e. The number of aromatic amines is 1. The van der Waals surface area contributed by atoms with Gasteiger partial charge >= 0.3 is 5.97 Å². The summed E-state index contributed by atoms with van der Waals surface area (Å²) in [5, 5.41) is 9.74. The second-order valence-corrected chi connectivity index (χ2v) is 5.77. The van der Waals surface area contributed by atoms with Crippen LogP contribution in [0.5, 0.6) is 0 Å². The number of hydrogen-bond donors (Lipinski definition) is 1. The SMILES string of the molecule is CCCCOC(=O)CSc1nnc2c(n1)[nH]c1ccccc12. The number of aromatic nitrogens is 4. The number of rotatable bonds is 6. The monoisotopic (exact) mass is 316 g/mol. The van der Waals surface area contributed by atoms with E-state index < -0.39 is 0 Å². The second kappa shape index (κ2) is 6.74. The van der Waals surface area contributed by atoms with Crippen LogP contribution >= 0.6 is 11.8 Å². The molecule has 6 nitrogen and oxygen atoms in total. The van der Waals surface area contributed by atoms with Gasteiger partial charge in [0.2, 0.25) is 5.16 Å². The Balaban J connectivity index is 1.70. The predicted octanol–water partition coefficient (Wildman–Crippen LogP) is 2.94. The first-order chi connectivity index (χ1) is 10.8. The third-order valence-electron chi connectivity index (χ3n) is 3.18. The van der Waals surface area contributed by atoms with Crippen molar-refractivity contribution in [3.05, 3.63) is 24.3 Å². The molecule has 1 aromatic carbocycles. The van der Waals surface area contributed by atoms with Gasteiger partial charge < -0.3 is 9.72 Å². The Morgan fingerprint density at radius 3 is 3.05 bits per heavy atom. The maximum Gasteiger partial charge on any atom is 0.316 e. The van der Waals surface area contributed by atoms with Gasteiger partial charge in [-0.25, -0.2) is 4.98 Å². The number of unbranched alkanes of at least 4 members (excludes halogenated alkanes) is 1. The molecule has 22 heavy (non-hydrogen) atoms. The molecule has 7 heteroatoms. The normalized spacial score (nSPS) is 11.1. The van der Waals surface area contributed by atoms with Crippen molar-refractivity contribution in [2.45, 2.75) is 24.9 Å². The van der Waals surface area contributed by atoms with Crippen molar-refractivity contribution in [2.75, 3.05) is 12.4 Å². The van der Waals surface area contributed by atoms with Gasteiger partial charge in [0.25, 0.3) is 0 Å². The molecule has 2 heterocycles. The maximum atomic E-state index is 11.6. The highest BCUT2D eigenvalue weighted by molar-refractivity contribution is 7.99. The Morgan fingerprint density at radius 1 is 1.32 bits per heavy atom. The molecule has 0 bridgehead atoms. The van der Waals surface area contributed by atoms with Crippen molar-refractivity contribution in [2.24, 2.45) is 0 Å². The number of ether oxygens (including phenoxy) is 1. The van der Waals surface area contributed by atoms with Crippen molar-refractivity contribution >= 4 is 39.8 Å². The van der Waals surface area contributed by atoms with E-state index in [1.54, 1.807) is 0 Å². The lowest BCUT2D eigenvalue weighted by atomic mass is 10.2. The summed E-state index contributed by atoms with van der Waals surface area (Å²) in [4.78, 5) is 19.2. The Hall–Kier alpha value is -2.15. The van der Waals surface area contributed by atoms with Gasteiger partial charge in [0.05, 0.1) is 12.4 Å². The molecule has 0 fully saturated rings. The molecule has 0 saturated carbocycles. The first kappa shape index (κ1) is 14.8. The molecule has 0 atom stereocenters. The summed E-state index contributed by atoms with van der Waals surface area (Å²) in [6.45, 7) is 2.52. The molecular formula is C15H16N4O2S. The molecule has 3 rings (SSSR count). The van der Waals surface area contributed by atoms with E-state index in [1.807, 2.05) is 24.3 Å². The molecule has 3 aromatic rings. The number of H-pyrrole nitrogens is 1. The Labute approximate surface area is 131 Å². The van der Waals surface area contributed by atoms with E-state index in [0.29, 0.717) is 17.4 Å². The number of benzene rings is 1. The average Bonchev–Trinajstić information content (AvgIpc) is 2.91. The van der Waals surface area contributed by atoms with Crippen LogP contribution in [0.4, 0.5) is 0 Å². The standard InChI is InChI=1S/C15H16N4O2S/c1-2-3-8-21-12(20)9-22-15-17-14-13(18-19-15)10-6-4-5-7-11(10)16-14/h4-7H,2-3,8-9H2,1H3,(H,16,17,19). The molecule has 0 spiro atoms. The van der Waals surface area contributed by atoms with Crippen LogP contribution in [0.15, 0.2) is 29.4 Å². The number of hydrogen-bond acceptors (Lipinski definition) is 6. The van der Waals surface area contributed by atoms with E-state index in [4.69, 9.17) is 4.74 Å². The lowest BCUT2D eigenvalue weighted by Crippen LogP contribution is -2.08. The predicted molar refractivity (Wildman–Crippen MR) is 85.8 cm³/mol. The van der Waals surface area contributed by atoms with E-state index in [0.717, 1.165) is 29.3 Å². The lowest BCUT2D eigenvalue weighted by Gasteiger charge is -2.02. The van der Waals surface area contributed by atoms with Gasteiger partial charge in [-0.2, -0.15) is 0 Å². The summed E-state index contributed by atoms with van der Waals surface area (Å²) in [7, 11) is 0. The zero-order valence-electron chi connectivity index (χ0n) is 12.2. The molecule has 0 aliphatic carbocycles. The number of para-hydroxylation sites is 1. The number of fused-ring (bicyclic) bond motifs is 3. The number of nitrogens with one attached hydrogen (secondary N) is 1. The minimum absolute atomic E-state index is 0.192. The fourth-order valence-corrected chi connectivity index (χ4v) is 2.65. The van der Waals surface area contributed by atoms with Gasteiger partial charge in [-0.05, 0) is 12.5 Å². The van der Waals surface area contributed by atoms with Crippen LogP contribution < -0.4 is 0 Å². The summed E-state index contributed by atoms with van der Waals surface area (Å²) >= 11 is 1.23. The molecule has 0 aliphatic rings. The topological polar surface area (TPSA) is 80.8 Å². The molecular weight excluding hydrogens is 300 g/mol.